The third-order valence-corrected chi connectivity index (χ3v) is 4.27. The van der Waals surface area contributed by atoms with Gasteiger partial charge >= 0.3 is 0 Å². The third kappa shape index (κ3) is 2.35. The molecule has 0 spiro atoms. The van der Waals surface area contributed by atoms with Crippen molar-refractivity contribution >= 4 is 33.1 Å². The van der Waals surface area contributed by atoms with E-state index in [0.717, 1.165) is 27.1 Å². The van der Waals surface area contributed by atoms with Crippen molar-refractivity contribution in [2.45, 2.75) is 19.8 Å². The van der Waals surface area contributed by atoms with Crippen LogP contribution in [0.15, 0.2) is 21.6 Å². The van der Waals surface area contributed by atoms with Crippen molar-refractivity contribution in [3.05, 3.63) is 27.1 Å². The summed E-state index contributed by atoms with van der Waals surface area (Å²) < 4.78 is 1.09. The highest BCUT2D eigenvalue weighted by Crippen LogP contribution is 2.37. The van der Waals surface area contributed by atoms with Gasteiger partial charge in [-0.2, -0.15) is 11.3 Å². The molecule has 0 aliphatic heterocycles. The molecular weight excluding hydrogens is 298 g/mol. The maximum Gasteiger partial charge on any atom is 0.133 e. The summed E-state index contributed by atoms with van der Waals surface area (Å²) in [6.45, 7) is 4.31. The molecule has 0 amide bonds. The zero-order valence-corrected chi connectivity index (χ0v) is 12.4. The van der Waals surface area contributed by atoms with Crippen LogP contribution in [0.5, 0.6) is 0 Å². The van der Waals surface area contributed by atoms with Gasteiger partial charge in [0.25, 0.3) is 0 Å². The number of thiophene rings is 1. The van der Waals surface area contributed by atoms with E-state index in [2.05, 4.69) is 55.8 Å². The predicted octanol–water partition coefficient (Wildman–Crippen LogP) is 4.13. The fraction of sp³-hybridized carbons (Fsp3) is 0.333. The summed E-state index contributed by atoms with van der Waals surface area (Å²) in [7, 11) is 1.89. The molecule has 1 N–H and O–H groups in total. The summed E-state index contributed by atoms with van der Waals surface area (Å²) in [5, 5.41) is 7.31. The fourth-order valence-corrected chi connectivity index (χ4v) is 3.27. The summed E-state index contributed by atoms with van der Waals surface area (Å²) in [5.41, 5.74) is 3.30. The Hall–Kier alpha value is -0.940. The van der Waals surface area contributed by atoms with Crippen LogP contribution in [0.4, 0.5) is 5.82 Å². The second-order valence-electron chi connectivity index (χ2n) is 4.02. The summed E-state index contributed by atoms with van der Waals surface area (Å²) >= 11 is 5.23. The first-order chi connectivity index (χ1) is 8.15. The Bertz CT molecular complexity index is 522. The minimum atomic E-state index is 0.375. The highest BCUT2D eigenvalue weighted by molar-refractivity contribution is 9.10. The molecule has 0 saturated carbocycles. The number of aromatic nitrogens is 2. The lowest BCUT2D eigenvalue weighted by atomic mass is 9.99. The minimum absolute atomic E-state index is 0.375. The molecule has 0 aliphatic carbocycles. The number of hydrogen-bond acceptors (Lipinski definition) is 4. The van der Waals surface area contributed by atoms with Crippen LogP contribution in [0, 0.1) is 0 Å². The Labute approximate surface area is 113 Å². The normalized spacial score (nSPS) is 10.9. The first-order valence-corrected chi connectivity index (χ1v) is 7.13. The number of nitrogens with one attached hydrogen (secondary N) is 1. The van der Waals surface area contributed by atoms with Gasteiger partial charge in [0, 0.05) is 33.4 Å². The van der Waals surface area contributed by atoms with Gasteiger partial charge in [-0.3, -0.25) is 0 Å². The average molecular weight is 312 g/mol. The van der Waals surface area contributed by atoms with Crippen LogP contribution >= 0.6 is 27.3 Å². The lowest BCUT2D eigenvalue weighted by Crippen LogP contribution is -2.04. The van der Waals surface area contributed by atoms with Crippen LogP contribution in [0.25, 0.3) is 11.3 Å². The molecule has 0 unspecified atom stereocenters. The SMILES string of the molecule is CNc1ncnc(-c2cscc2Br)c1C(C)C. The number of hydrogen-bond donors (Lipinski definition) is 1. The Morgan fingerprint density at radius 2 is 2.06 bits per heavy atom. The summed E-state index contributed by atoms with van der Waals surface area (Å²) in [5.74, 6) is 1.28. The third-order valence-electron chi connectivity index (χ3n) is 2.57. The van der Waals surface area contributed by atoms with E-state index in [9.17, 15) is 0 Å². The lowest BCUT2D eigenvalue weighted by Gasteiger charge is -2.15. The molecule has 5 heteroatoms. The second kappa shape index (κ2) is 5.14. The molecule has 0 radical (unpaired) electrons. The van der Waals surface area contributed by atoms with E-state index in [0.29, 0.717) is 5.92 Å². The molecular formula is C12H14BrN3S. The molecule has 3 nitrogen and oxygen atoms in total. The van der Waals surface area contributed by atoms with Crippen LogP contribution in [0.3, 0.4) is 0 Å². The number of halogens is 1. The molecule has 2 aromatic rings. The van der Waals surface area contributed by atoms with Gasteiger partial charge in [0.05, 0.1) is 5.69 Å². The van der Waals surface area contributed by atoms with Crippen molar-refractivity contribution in [2.24, 2.45) is 0 Å². The maximum absolute atomic E-state index is 4.44. The Morgan fingerprint density at radius 3 is 2.59 bits per heavy atom. The Kier molecular flexibility index (Phi) is 3.79. The van der Waals surface area contributed by atoms with Crippen molar-refractivity contribution in [1.29, 1.82) is 0 Å². The highest BCUT2D eigenvalue weighted by atomic mass is 79.9. The van der Waals surface area contributed by atoms with Gasteiger partial charge < -0.3 is 5.32 Å². The van der Waals surface area contributed by atoms with Gasteiger partial charge in [-0.05, 0) is 21.8 Å². The van der Waals surface area contributed by atoms with Crippen LogP contribution in [-0.4, -0.2) is 17.0 Å². The van der Waals surface area contributed by atoms with Crippen molar-refractivity contribution < 1.29 is 0 Å². The molecule has 0 atom stereocenters. The van der Waals surface area contributed by atoms with Crippen LogP contribution < -0.4 is 5.32 Å². The van der Waals surface area contributed by atoms with Gasteiger partial charge in [0.1, 0.15) is 12.1 Å². The molecule has 0 aliphatic rings. The lowest BCUT2D eigenvalue weighted by molar-refractivity contribution is 0.852. The van der Waals surface area contributed by atoms with E-state index in [4.69, 9.17) is 0 Å². The molecule has 17 heavy (non-hydrogen) atoms. The minimum Gasteiger partial charge on any atom is -0.373 e. The standard InChI is InChI=1S/C12H14BrN3S/c1-7(2)10-11(8-4-17-5-9(8)13)15-6-16-12(10)14-3/h4-7H,1-3H3,(H,14,15,16). The molecule has 2 aromatic heterocycles. The van der Waals surface area contributed by atoms with E-state index >= 15 is 0 Å². The van der Waals surface area contributed by atoms with Gasteiger partial charge in [-0.15, -0.1) is 0 Å². The second-order valence-corrected chi connectivity index (χ2v) is 5.62. The largest absolute Gasteiger partial charge is 0.373 e. The van der Waals surface area contributed by atoms with Crippen LogP contribution in [0.1, 0.15) is 25.3 Å². The van der Waals surface area contributed by atoms with Crippen LogP contribution in [0.2, 0.25) is 0 Å². The molecule has 90 valence electrons. The first-order valence-electron chi connectivity index (χ1n) is 5.39. The van der Waals surface area contributed by atoms with Crippen molar-refractivity contribution in [3.63, 3.8) is 0 Å². The van der Waals surface area contributed by atoms with Crippen molar-refractivity contribution in [2.75, 3.05) is 12.4 Å². The molecule has 2 rings (SSSR count). The zero-order chi connectivity index (χ0) is 12.4. The van der Waals surface area contributed by atoms with Gasteiger partial charge in [0.2, 0.25) is 0 Å². The zero-order valence-electron chi connectivity index (χ0n) is 9.99. The number of nitrogens with zero attached hydrogens (tertiary/aromatic N) is 2. The van der Waals surface area contributed by atoms with E-state index < -0.39 is 0 Å². The average Bonchev–Trinajstić information content (AvgIpc) is 2.74. The monoisotopic (exact) mass is 311 g/mol. The summed E-state index contributed by atoms with van der Waals surface area (Å²) in [6, 6.07) is 0. The van der Waals surface area contributed by atoms with Crippen molar-refractivity contribution in [3.8, 4) is 11.3 Å². The molecule has 2 heterocycles. The van der Waals surface area contributed by atoms with Gasteiger partial charge in [-0.25, -0.2) is 9.97 Å². The van der Waals surface area contributed by atoms with Crippen molar-refractivity contribution in [1.82, 2.24) is 9.97 Å². The molecule has 0 bridgehead atoms. The van der Waals surface area contributed by atoms with Gasteiger partial charge in [-0.1, -0.05) is 13.8 Å². The maximum atomic E-state index is 4.44. The fourth-order valence-electron chi connectivity index (χ4n) is 1.81. The Balaban J connectivity index is 2.65. The van der Waals surface area contributed by atoms with Gasteiger partial charge in [0.15, 0.2) is 0 Å². The Morgan fingerprint density at radius 1 is 1.29 bits per heavy atom. The van der Waals surface area contributed by atoms with E-state index in [1.165, 1.54) is 0 Å². The smallest absolute Gasteiger partial charge is 0.133 e. The number of rotatable bonds is 3. The topological polar surface area (TPSA) is 37.8 Å². The quantitative estimate of drug-likeness (QED) is 0.926. The predicted molar refractivity (Wildman–Crippen MR) is 76.7 cm³/mol. The van der Waals surface area contributed by atoms with E-state index in [1.54, 1.807) is 17.7 Å². The summed E-state index contributed by atoms with van der Waals surface area (Å²) in [4.78, 5) is 8.72. The highest BCUT2D eigenvalue weighted by Gasteiger charge is 2.17. The number of anilines is 1. The van der Waals surface area contributed by atoms with E-state index in [-0.39, 0.29) is 0 Å². The molecule has 0 saturated heterocycles. The molecule has 0 fully saturated rings. The van der Waals surface area contributed by atoms with E-state index in [1.807, 2.05) is 7.05 Å². The summed E-state index contributed by atoms with van der Waals surface area (Å²) in [6.07, 6.45) is 1.61. The molecule has 0 aromatic carbocycles. The van der Waals surface area contributed by atoms with Crippen LogP contribution in [-0.2, 0) is 0 Å². The first kappa shape index (κ1) is 12.5.